The summed E-state index contributed by atoms with van der Waals surface area (Å²) >= 11 is 0. The standard InChI is InChI=1S/C11H17N3O/c1-9(12)11(14-7-4-8-15-14)10-5-2-3-6-13-10/h2-3,5-6,9,11H,4,7-8,12H2,1H3. The molecule has 1 aromatic heterocycles. The molecule has 1 aliphatic heterocycles. The number of rotatable bonds is 3. The summed E-state index contributed by atoms with van der Waals surface area (Å²) in [4.78, 5) is 9.89. The van der Waals surface area contributed by atoms with Crippen LogP contribution in [0.2, 0.25) is 0 Å². The number of hydrogen-bond donors (Lipinski definition) is 1. The van der Waals surface area contributed by atoms with Gasteiger partial charge in [0.25, 0.3) is 0 Å². The van der Waals surface area contributed by atoms with Crippen LogP contribution in [0.3, 0.4) is 0 Å². The summed E-state index contributed by atoms with van der Waals surface area (Å²) in [6.45, 7) is 3.71. The molecule has 1 fully saturated rings. The Hall–Kier alpha value is -0.970. The Morgan fingerprint density at radius 2 is 2.40 bits per heavy atom. The van der Waals surface area contributed by atoms with Gasteiger partial charge in [-0.2, -0.15) is 5.06 Å². The first-order valence-corrected chi connectivity index (χ1v) is 5.35. The SMILES string of the molecule is CC(N)C(c1ccccn1)N1CCCO1. The summed E-state index contributed by atoms with van der Waals surface area (Å²) in [5.41, 5.74) is 6.97. The molecule has 2 rings (SSSR count). The number of aromatic nitrogens is 1. The van der Waals surface area contributed by atoms with Crippen LogP contribution in [0.1, 0.15) is 25.1 Å². The molecule has 0 aliphatic carbocycles. The van der Waals surface area contributed by atoms with Crippen molar-refractivity contribution in [2.45, 2.75) is 25.4 Å². The third kappa shape index (κ3) is 2.34. The van der Waals surface area contributed by atoms with Crippen molar-refractivity contribution in [3.05, 3.63) is 30.1 Å². The molecule has 1 aliphatic rings. The molecule has 2 unspecified atom stereocenters. The topological polar surface area (TPSA) is 51.4 Å². The van der Waals surface area contributed by atoms with Crippen molar-refractivity contribution in [2.75, 3.05) is 13.2 Å². The molecule has 2 atom stereocenters. The van der Waals surface area contributed by atoms with Gasteiger partial charge in [-0.3, -0.25) is 9.82 Å². The quantitative estimate of drug-likeness (QED) is 0.806. The molecule has 0 saturated carbocycles. The van der Waals surface area contributed by atoms with Crippen molar-refractivity contribution < 1.29 is 4.84 Å². The molecule has 4 heteroatoms. The Balaban J connectivity index is 2.19. The van der Waals surface area contributed by atoms with E-state index < -0.39 is 0 Å². The lowest BCUT2D eigenvalue weighted by Gasteiger charge is -2.28. The second-order valence-corrected chi connectivity index (χ2v) is 3.89. The highest BCUT2D eigenvalue weighted by molar-refractivity contribution is 5.10. The Labute approximate surface area is 90.0 Å². The van der Waals surface area contributed by atoms with E-state index >= 15 is 0 Å². The Bertz CT molecular complexity index is 296. The van der Waals surface area contributed by atoms with Crippen molar-refractivity contribution in [1.29, 1.82) is 0 Å². The minimum Gasteiger partial charge on any atom is -0.326 e. The van der Waals surface area contributed by atoms with Gasteiger partial charge in [0, 0.05) is 18.8 Å². The zero-order valence-electron chi connectivity index (χ0n) is 8.97. The normalized spacial score (nSPS) is 21.5. The second kappa shape index (κ2) is 4.70. The molecule has 82 valence electrons. The van der Waals surface area contributed by atoms with E-state index in [-0.39, 0.29) is 12.1 Å². The smallest absolute Gasteiger partial charge is 0.0921 e. The predicted molar refractivity (Wildman–Crippen MR) is 57.9 cm³/mol. The fraction of sp³-hybridized carbons (Fsp3) is 0.545. The highest BCUT2D eigenvalue weighted by Crippen LogP contribution is 2.24. The number of hydrogen-bond acceptors (Lipinski definition) is 4. The highest BCUT2D eigenvalue weighted by atomic mass is 16.7. The van der Waals surface area contributed by atoms with Crippen LogP contribution in [0.4, 0.5) is 0 Å². The molecular formula is C11H17N3O. The first kappa shape index (κ1) is 10.5. The van der Waals surface area contributed by atoms with Crippen LogP contribution in [0, 0.1) is 0 Å². The van der Waals surface area contributed by atoms with Gasteiger partial charge in [-0.1, -0.05) is 6.07 Å². The molecule has 2 N–H and O–H groups in total. The van der Waals surface area contributed by atoms with Crippen molar-refractivity contribution in [1.82, 2.24) is 10.0 Å². The summed E-state index contributed by atoms with van der Waals surface area (Å²) in [5, 5.41) is 1.95. The Kier molecular flexibility index (Phi) is 3.30. The third-order valence-corrected chi connectivity index (χ3v) is 2.58. The number of pyridine rings is 1. The van der Waals surface area contributed by atoms with Gasteiger partial charge in [-0.05, 0) is 25.5 Å². The molecule has 1 aromatic rings. The second-order valence-electron chi connectivity index (χ2n) is 3.89. The van der Waals surface area contributed by atoms with Crippen molar-refractivity contribution in [3.8, 4) is 0 Å². The molecule has 15 heavy (non-hydrogen) atoms. The van der Waals surface area contributed by atoms with Crippen LogP contribution in [-0.4, -0.2) is 29.2 Å². The van der Waals surface area contributed by atoms with Gasteiger partial charge in [-0.25, -0.2) is 0 Å². The molecule has 4 nitrogen and oxygen atoms in total. The van der Waals surface area contributed by atoms with Gasteiger partial charge >= 0.3 is 0 Å². The monoisotopic (exact) mass is 207 g/mol. The van der Waals surface area contributed by atoms with E-state index in [1.807, 2.05) is 30.2 Å². The third-order valence-electron chi connectivity index (χ3n) is 2.58. The molecule has 0 aromatic carbocycles. The molecule has 2 heterocycles. The largest absolute Gasteiger partial charge is 0.326 e. The van der Waals surface area contributed by atoms with Gasteiger partial charge in [0.05, 0.1) is 18.3 Å². The average molecular weight is 207 g/mol. The van der Waals surface area contributed by atoms with E-state index in [1.165, 1.54) is 0 Å². The Morgan fingerprint density at radius 1 is 1.53 bits per heavy atom. The fourth-order valence-electron chi connectivity index (χ4n) is 1.92. The number of hydroxylamine groups is 2. The molecule has 1 saturated heterocycles. The van der Waals surface area contributed by atoms with Crippen LogP contribution in [0.5, 0.6) is 0 Å². The minimum absolute atomic E-state index is 0.0120. The molecule has 0 spiro atoms. The van der Waals surface area contributed by atoms with Gasteiger partial charge in [0.1, 0.15) is 0 Å². The zero-order chi connectivity index (χ0) is 10.7. The summed E-state index contributed by atoms with van der Waals surface area (Å²) in [6, 6.07) is 5.96. The van der Waals surface area contributed by atoms with Crippen molar-refractivity contribution >= 4 is 0 Å². The molecule has 0 radical (unpaired) electrons. The zero-order valence-corrected chi connectivity index (χ0v) is 8.97. The molecule has 0 amide bonds. The molecular weight excluding hydrogens is 190 g/mol. The van der Waals surface area contributed by atoms with Crippen LogP contribution in [-0.2, 0) is 4.84 Å². The van der Waals surface area contributed by atoms with Crippen molar-refractivity contribution in [2.24, 2.45) is 5.73 Å². The maximum Gasteiger partial charge on any atom is 0.0921 e. The van der Waals surface area contributed by atoms with Crippen LogP contribution < -0.4 is 5.73 Å². The summed E-state index contributed by atoms with van der Waals surface area (Å²) in [7, 11) is 0. The fourth-order valence-corrected chi connectivity index (χ4v) is 1.92. The van der Waals surface area contributed by atoms with E-state index in [1.54, 1.807) is 6.20 Å². The van der Waals surface area contributed by atoms with E-state index in [0.29, 0.717) is 0 Å². The van der Waals surface area contributed by atoms with E-state index in [4.69, 9.17) is 10.6 Å². The van der Waals surface area contributed by atoms with E-state index in [9.17, 15) is 0 Å². The van der Waals surface area contributed by atoms with Crippen LogP contribution in [0.25, 0.3) is 0 Å². The van der Waals surface area contributed by atoms with Crippen LogP contribution >= 0.6 is 0 Å². The minimum atomic E-state index is 0.0120. The summed E-state index contributed by atoms with van der Waals surface area (Å²) in [6.07, 6.45) is 2.86. The lowest BCUT2D eigenvalue weighted by Crippen LogP contribution is -2.37. The summed E-state index contributed by atoms with van der Waals surface area (Å²) < 4.78 is 0. The lowest BCUT2D eigenvalue weighted by atomic mass is 10.1. The average Bonchev–Trinajstić information content (AvgIpc) is 2.72. The predicted octanol–water partition coefficient (Wildman–Crippen LogP) is 1.11. The van der Waals surface area contributed by atoms with Gasteiger partial charge in [0.2, 0.25) is 0 Å². The van der Waals surface area contributed by atoms with E-state index in [0.717, 1.165) is 25.3 Å². The van der Waals surface area contributed by atoms with Gasteiger partial charge in [-0.15, -0.1) is 0 Å². The highest BCUT2D eigenvalue weighted by Gasteiger charge is 2.28. The van der Waals surface area contributed by atoms with Gasteiger partial charge in [0.15, 0.2) is 0 Å². The maximum atomic E-state index is 5.99. The maximum absolute atomic E-state index is 5.99. The Morgan fingerprint density at radius 3 is 2.93 bits per heavy atom. The van der Waals surface area contributed by atoms with E-state index in [2.05, 4.69) is 4.98 Å². The first-order chi connectivity index (χ1) is 7.29. The molecule has 0 bridgehead atoms. The van der Waals surface area contributed by atoms with Gasteiger partial charge < -0.3 is 5.73 Å². The van der Waals surface area contributed by atoms with Crippen molar-refractivity contribution in [3.63, 3.8) is 0 Å². The number of nitrogens with two attached hydrogens (primary N) is 1. The van der Waals surface area contributed by atoms with Crippen LogP contribution in [0.15, 0.2) is 24.4 Å². The summed E-state index contributed by atoms with van der Waals surface area (Å²) in [5.74, 6) is 0. The number of nitrogens with zero attached hydrogens (tertiary/aromatic N) is 2. The lowest BCUT2D eigenvalue weighted by molar-refractivity contribution is -0.148. The first-order valence-electron chi connectivity index (χ1n) is 5.35.